The molecule has 64 valence electrons. The first-order chi connectivity index (χ1) is 5.24. The van der Waals surface area contributed by atoms with Crippen molar-refractivity contribution >= 4 is 14.7 Å². The number of nitrogens with zero attached hydrogens (tertiary/aromatic N) is 1. The standard InChI is InChI=1S/C8H16NOP/c1-6-3-4-8(9-11-10)5-7(6)2/h6-7H,3-5,11H2,1-2H3. The average Bonchev–Trinajstić information content (AvgIpc) is 1.98. The molecule has 2 nitrogen and oxygen atoms in total. The van der Waals surface area contributed by atoms with Crippen molar-refractivity contribution in [2.45, 2.75) is 33.1 Å². The van der Waals surface area contributed by atoms with Crippen LogP contribution in [0.2, 0.25) is 0 Å². The van der Waals surface area contributed by atoms with Crippen molar-refractivity contribution in [3.63, 3.8) is 0 Å². The van der Waals surface area contributed by atoms with Crippen LogP contribution in [0.3, 0.4) is 0 Å². The molecule has 1 saturated carbocycles. The Morgan fingerprint density at radius 2 is 2.18 bits per heavy atom. The van der Waals surface area contributed by atoms with Gasteiger partial charge in [-0.2, -0.15) is 0 Å². The summed E-state index contributed by atoms with van der Waals surface area (Å²) >= 11 is 0. The lowest BCUT2D eigenvalue weighted by molar-refractivity contribution is -0.150. The lowest BCUT2D eigenvalue weighted by atomic mass is 9.81. The molecule has 1 aliphatic rings. The molecule has 3 unspecified atom stereocenters. The number of rotatable bonds is 1. The maximum absolute atomic E-state index is 10.3. The van der Waals surface area contributed by atoms with Gasteiger partial charge in [0.25, 0.3) is 0 Å². The van der Waals surface area contributed by atoms with E-state index in [2.05, 4.69) is 18.6 Å². The molecule has 1 fully saturated rings. The Morgan fingerprint density at radius 1 is 1.45 bits per heavy atom. The van der Waals surface area contributed by atoms with E-state index in [0.29, 0.717) is 0 Å². The maximum atomic E-state index is 10.3. The quantitative estimate of drug-likeness (QED) is 0.553. The van der Waals surface area contributed by atoms with Gasteiger partial charge in [0.05, 0.1) is 14.7 Å². The Hall–Kier alpha value is 0.0600. The fraction of sp³-hybridized carbons (Fsp3) is 0.875. The third-order valence-electron chi connectivity index (χ3n) is 2.65. The van der Waals surface area contributed by atoms with E-state index >= 15 is 0 Å². The lowest BCUT2D eigenvalue weighted by Crippen LogP contribution is -2.20. The summed E-state index contributed by atoms with van der Waals surface area (Å²) in [6.45, 7) is 4.53. The van der Waals surface area contributed by atoms with Crippen LogP contribution in [-0.4, -0.2) is 5.71 Å². The Kier molecular flexibility index (Phi) is 3.47. The zero-order chi connectivity index (χ0) is 8.27. The molecule has 1 aliphatic carbocycles. The number of hydrogen-bond acceptors (Lipinski definition) is 2. The monoisotopic (exact) mass is 173 g/mol. The van der Waals surface area contributed by atoms with Crippen LogP contribution in [0.25, 0.3) is 0 Å². The van der Waals surface area contributed by atoms with Crippen LogP contribution >= 0.6 is 8.96 Å². The second kappa shape index (κ2) is 4.18. The largest absolute Gasteiger partial charge is 0.663 e. The van der Waals surface area contributed by atoms with Crippen molar-refractivity contribution in [2.75, 3.05) is 0 Å². The highest BCUT2D eigenvalue weighted by Gasteiger charge is 2.21. The fourth-order valence-corrected chi connectivity index (χ4v) is 1.93. The van der Waals surface area contributed by atoms with Crippen molar-refractivity contribution in [3.8, 4) is 0 Å². The van der Waals surface area contributed by atoms with Gasteiger partial charge in [0.15, 0.2) is 0 Å². The summed E-state index contributed by atoms with van der Waals surface area (Å²) in [7, 11) is -0.912. The molecule has 0 aliphatic heterocycles. The van der Waals surface area contributed by atoms with Gasteiger partial charge in [0.2, 0.25) is 0 Å². The molecule has 0 saturated heterocycles. The van der Waals surface area contributed by atoms with Crippen molar-refractivity contribution in [1.82, 2.24) is 0 Å². The van der Waals surface area contributed by atoms with E-state index in [1.807, 2.05) is 0 Å². The van der Waals surface area contributed by atoms with Gasteiger partial charge >= 0.3 is 0 Å². The minimum atomic E-state index is -0.912. The van der Waals surface area contributed by atoms with E-state index in [9.17, 15) is 4.89 Å². The van der Waals surface area contributed by atoms with Crippen LogP contribution in [0.1, 0.15) is 33.1 Å². The van der Waals surface area contributed by atoms with Crippen molar-refractivity contribution < 1.29 is 4.89 Å². The molecule has 0 amide bonds. The molecule has 3 heteroatoms. The first-order valence-corrected chi connectivity index (χ1v) is 5.22. The van der Waals surface area contributed by atoms with Crippen molar-refractivity contribution in [3.05, 3.63) is 0 Å². The topological polar surface area (TPSA) is 35.4 Å². The van der Waals surface area contributed by atoms with Crippen LogP contribution < -0.4 is 4.89 Å². The molecule has 0 bridgehead atoms. The second-order valence-corrected chi connectivity index (χ2v) is 3.97. The zero-order valence-electron chi connectivity index (χ0n) is 7.21. The van der Waals surface area contributed by atoms with Gasteiger partial charge in [-0.15, -0.1) is 4.76 Å². The maximum Gasteiger partial charge on any atom is 0.0570 e. The minimum absolute atomic E-state index is 0.730. The average molecular weight is 173 g/mol. The van der Waals surface area contributed by atoms with Crippen molar-refractivity contribution in [2.24, 2.45) is 16.6 Å². The normalized spacial score (nSPS) is 37.2. The summed E-state index contributed by atoms with van der Waals surface area (Å²) in [5, 5.41) is 0. The van der Waals surface area contributed by atoms with Crippen LogP contribution in [0.4, 0.5) is 0 Å². The van der Waals surface area contributed by atoms with Crippen molar-refractivity contribution in [1.29, 1.82) is 0 Å². The van der Waals surface area contributed by atoms with Gasteiger partial charge < -0.3 is 4.89 Å². The summed E-state index contributed by atoms with van der Waals surface area (Å²) in [6.07, 6.45) is 3.36. The SMILES string of the molecule is CC1CCC(=N[PH2+][O-])CC1C. The minimum Gasteiger partial charge on any atom is -0.663 e. The molecule has 0 radical (unpaired) electrons. The van der Waals surface area contributed by atoms with E-state index in [0.717, 1.165) is 24.7 Å². The van der Waals surface area contributed by atoms with Crippen LogP contribution in [0.15, 0.2) is 4.76 Å². The molecule has 0 aromatic heterocycles. The molecule has 0 N–H and O–H groups in total. The van der Waals surface area contributed by atoms with Gasteiger partial charge in [0.1, 0.15) is 0 Å². The van der Waals surface area contributed by atoms with Crippen LogP contribution in [0.5, 0.6) is 0 Å². The summed E-state index contributed by atoms with van der Waals surface area (Å²) in [5.41, 5.74) is 1.18. The third kappa shape index (κ3) is 2.53. The van der Waals surface area contributed by atoms with E-state index in [-0.39, 0.29) is 0 Å². The second-order valence-electron chi connectivity index (χ2n) is 3.50. The van der Waals surface area contributed by atoms with Crippen LogP contribution in [-0.2, 0) is 0 Å². The summed E-state index contributed by atoms with van der Waals surface area (Å²) < 4.78 is 4.01. The first kappa shape index (κ1) is 9.15. The predicted octanol–water partition coefficient (Wildman–Crippen LogP) is 1.48. The zero-order valence-corrected chi connectivity index (χ0v) is 8.36. The molecule has 0 aromatic rings. The molecule has 3 atom stereocenters. The summed E-state index contributed by atoms with van der Waals surface area (Å²) in [4.78, 5) is 10.3. The molecular formula is C8H16NOP. The first-order valence-electron chi connectivity index (χ1n) is 4.23. The van der Waals surface area contributed by atoms with E-state index < -0.39 is 8.96 Å². The van der Waals surface area contributed by atoms with E-state index in [4.69, 9.17) is 0 Å². The van der Waals surface area contributed by atoms with Gasteiger partial charge in [-0.25, -0.2) is 0 Å². The molecule has 0 aromatic carbocycles. The third-order valence-corrected chi connectivity index (χ3v) is 3.12. The summed E-state index contributed by atoms with van der Waals surface area (Å²) in [6, 6.07) is 0. The highest BCUT2D eigenvalue weighted by atomic mass is 31.1. The molecule has 11 heavy (non-hydrogen) atoms. The Morgan fingerprint density at radius 3 is 2.73 bits per heavy atom. The Bertz CT molecular complexity index is 158. The van der Waals surface area contributed by atoms with Gasteiger partial charge in [-0.1, -0.05) is 13.8 Å². The van der Waals surface area contributed by atoms with Gasteiger partial charge in [-0.05, 0) is 31.1 Å². The van der Waals surface area contributed by atoms with Crippen LogP contribution in [0, 0.1) is 11.8 Å². The molecule has 1 rings (SSSR count). The molecular weight excluding hydrogens is 157 g/mol. The van der Waals surface area contributed by atoms with E-state index in [1.54, 1.807) is 0 Å². The Balaban J connectivity index is 2.46. The lowest BCUT2D eigenvalue weighted by Gasteiger charge is -2.25. The van der Waals surface area contributed by atoms with Gasteiger partial charge in [0, 0.05) is 0 Å². The Labute approximate surface area is 70.0 Å². The predicted molar refractivity (Wildman–Crippen MR) is 49.3 cm³/mol. The fourth-order valence-electron chi connectivity index (χ4n) is 1.55. The smallest absolute Gasteiger partial charge is 0.0570 e. The van der Waals surface area contributed by atoms with E-state index in [1.165, 1.54) is 12.1 Å². The highest BCUT2D eigenvalue weighted by Crippen LogP contribution is 2.28. The molecule has 0 spiro atoms. The molecule has 0 heterocycles. The highest BCUT2D eigenvalue weighted by molar-refractivity contribution is 7.28. The number of hydrogen-bond donors (Lipinski definition) is 0. The van der Waals surface area contributed by atoms with Gasteiger partial charge in [-0.3, -0.25) is 0 Å². The summed E-state index contributed by atoms with van der Waals surface area (Å²) in [5.74, 6) is 1.55.